The van der Waals surface area contributed by atoms with Crippen LogP contribution in [0.15, 0.2) is 46.9 Å². The highest BCUT2D eigenvalue weighted by Gasteiger charge is 2.12. The molecule has 0 fully saturated rings. The van der Waals surface area contributed by atoms with Crippen LogP contribution in [0.1, 0.15) is 24.9 Å². The van der Waals surface area contributed by atoms with Crippen LogP contribution in [-0.2, 0) is 0 Å². The van der Waals surface area contributed by atoms with Crippen molar-refractivity contribution < 1.29 is 9.13 Å². The van der Waals surface area contributed by atoms with E-state index in [9.17, 15) is 4.39 Å². The average molecular weight is 324 g/mol. The van der Waals surface area contributed by atoms with E-state index in [1.165, 1.54) is 6.07 Å². The number of nitrogens with two attached hydrogens (primary N) is 1. The number of rotatable bonds is 4. The topological polar surface area (TPSA) is 35.2 Å². The molecule has 0 amide bonds. The Bertz CT molecular complexity index is 574. The maximum atomic E-state index is 13.8. The van der Waals surface area contributed by atoms with Crippen molar-refractivity contribution in [1.82, 2.24) is 0 Å². The first-order chi connectivity index (χ1) is 9.11. The first kappa shape index (κ1) is 14.0. The summed E-state index contributed by atoms with van der Waals surface area (Å²) >= 11 is 3.22. The quantitative estimate of drug-likeness (QED) is 0.877. The Hall–Kier alpha value is -1.39. The van der Waals surface area contributed by atoms with E-state index in [0.717, 1.165) is 12.0 Å². The molecule has 0 bridgehead atoms. The molecular formula is C15H15BrFNO. The molecule has 2 rings (SSSR count). The molecule has 0 aliphatic rings. The number of hydrogen-bond acceptors (Lipinski definition) is 2. The standard InChI is InChI=1S/C15H15BrFNO/c1-2-13(18)11-5-3-4-6-14(11)19-15-8-7-10(16)9-12(15)17/h3-9,13H,2,18H2,1H3. The summed E-state index contributed by atoms with van der Waals surface area (Å²) in [5.41, 5.74) is 6.91. The summed E-state index contributed by atoms with van der Waals surface area (Å²) in [4.78, 5) is 0. The molecule has 0 aliphatic carbocycles. The molecule has 2 N–H and O–H groups in total. The molecule has 4 heteroatoms. The van der Waals surface area contributed by atoms with Crippen LogP contribution in [0.3, 0.4) is 0 Å². The van der Waals surface area contributed by atoms with Crippen LogP contribution in [0.5, 0.6) is 11.5 Å². The largest absolute Gasteiger partial charge is 0.454 e. The number of ether oxygens (including phenoxy) is 1. The number of para-hydroxylation sites is 1. The van der Waals surface area contributed by atoms with Crippen LogP contribution < -0.4 is 10.5 Å². The van der Waals surface area contributed by atoms with Gasteiger partial charge in [-0.15, -0.1) is 0 Å². The zero-order chi connectivity index (χ0) is 13.8. The molecule has 0 heterocycles. The van der Waals surface area contributed by atoms with Crippen LogP contribution in [0.4, 0.5) is 4.39 Å². The minimum atomic E-state index is -0.408. The van der Waals surface area contributed by atoms with Gasteiger partial charge in [-0.1, -0.05) is 41.1 Å². The van der Waals surface area contributed by atoms with Gasteiger partial charge in [-0.05, 0) is 30.7 Å². The van der Waals surface area contributed by atoms with E-state index < -0.39 is 5.82 Å². The van der Waals surface area contributed by atoms with Crippen molar-refractivity contribution >= 4 is 15.9 Å². The van der Waals surface area contributed by atoms with E-state index in [1.54, 1.807) is 18.2 Å². The van der Waals surface area contributed by atoms with Gasteiger partial charge in [0.15, 0.2) is 11.6 Å². The first-order valence-electron chi connectivity index (χ1n) is 6.09. The molecule has 1 atom stereocenters. The van der Waals surface area contributed by atoms with Gasteiger partial charge in [-0.25, -0.2) is 4.39 Å². The van der Waals surface area contributed by atoms with Crippen LogP contribution in [-0.4, -0.2) is 0 Å². The fraction of sp³-hybridized carbons (Fsp3) is 0.200. The van der Waals surface area contributed by atoms with Crippen LogP contribution in [0, 0.1) is 5.82 Å². The molecule has 2 nitrogen and oxygen atoms in total. The number of hydrogen-bond donors (Lipinski definition) is 1. The Morgan fingerprint density at radius 3 is 2.63 bits per heavy atom. The van der Waals surface area contributed by atoms with Crippen molar-refractivity contribution in [3.63, 3.8) is 0 Å². The Morgan fingerprint density at radius 2 is 1.95 bits per heavy atom. The Kier molecular flexibility index (Phi) is 4.56. The van der Waals surface area contributed by atoms with Gasteiger partial charge in [0.2, 0.25) is 0 Å². The van der Waals surface area contributed by atoms with Crippen LogP contribution in [0.25, 0.3) is 0 Å². The van der Waals surface area contributed by atoms with Gasteiger partial charge in [-0.2, -0.15) is 0 Å². The van der Waals surface area contributed by atoms with Crippen molar-refractivity contribution in [2.24, 2.45) is 5.73 Å². The molecule has 0 saturated heterocycles. The smallest absolute Gasteiger partial charge is 0.166 e. The maximum absolute atomic E-state index is 13.8. The monoisotopic (exact) mass is 323 g/mol. The summed E-state index contributed by atoms with van der Waals surface area (Å²) in [7, 11) is 0. The summed E-state index contributed by atoms with van der Waals surface area (Å²) in [6.45, 7) is 2.00. The van der Waals surface area contributed by atoms with E-state index in [4.69, 9.17) is 10.5 Å². The SMILES string of the molecule is CCC(N)c1ccccc1Oc1ccc(Br)cc1F. The highest BCUT2D eigenvalue weighted by molar-refractivity contribution is 9.10. The minimum Gasteiger partial charge on any atom is -0.454 e. The fourth-order valence-corrected chi connectivity index (χ4v) is 2.11. The summed E-state index contributed by atoms with van der Waals surface area (Å²) in [5, 5.41) is 0. The average Bonchev–Trinajstić information content (AvgIpc) is 2.41. The lowest BCUT2D eigenvalue weighted by Gasteiger charge is -2.15. The molecule has 0 spiro atoms. The van der Waals surface area contributed by atoms with Gasteiger partial charge in [0, 0.05) is 16.1 Å². The van der Waals surface area contributed by atoms with E-state index >= 15 is 0 Å². The Balaban J connectivity index is 2.33. The van der Waals surface area contributed by atoms with E-state index in [-0.39, 0.29) is 11.8 Å². The van der Waals surface area contributed by atoms with Crippen LogP contribution in [0.2, 0.25) is 0 Å². The maximum Gasteiger partial charge on any atom is 0.166 e. The minimum absolute atomic E-state index is 0.116. The molecular weight excluding hydrogens is 309 g/mol. The molecule has 0 aliphatic heterocycles. The number of benzene rings is 2. The van der Waals surface area contributed by atoms with Crippen molar-refractivity contribution in [3.8, 4) is 11.5 Å². The summed E-state index contributed by atoms with van der Waals surface area (Å²) in [6, 6.07) is 12.0. The van der Waals surface area contributed by atoms with Crippen molar-refractivity contribution in [1.29, 1.82) is 0 Å². The molecule has 19 heavy (non-hydrogen) atoms. The van der Waals surface area contributed by atoms with Crippen molar-refractivity contribution in [2.45, 2.75) is 19.4 Å². The Labute approximate surface area is 120 Å². The predicted octanol–water partition coefficient (Wildman–Crippen LogP) is 4.79. The summed E-state index contributed by atoms with van der Waals surface area (Å²) < 4.78 is 20.1. The second kappa shape index (κ2) is 6.17. The predicted molar refractivity (Wildman–Crippen MR) is 77.8 cm³/mol. The Morgan fingerprint density at radius 1 is 1.21 bits per heavy atom. The lowest BCUT2D eigenvalue weighted by atomic mass is 10.0. The van der Waals surface area contributed by atoms with Gasteiger partial charge < -0.3 is 10.5 Å². The van der Waals surface area contributed by atoms with Gasteiger partial charge in [0.25, 0.3) is 0 Å². The molecule has 100 valence electrons. The third-order valence-corrected chi connectivity index (χ3v) is 3.37. The van der Waals surface area contributed by atoms with Gasteiger partial charge in [0.1, 0.15) is 5.75 Å². The molecule has 0 radical (unpaired) electrons. The zero-order valence-corrected chi connectivity index (χ0v) is 12.2. The van der Waals surface area contributed by atoms with Gasteiger partial charge >= 0.3 is 0 Å². The third kappa shape index (κ3) is 3.33. The number of halogens is 2. The van der Waals surface area contributed by atoms with Crippen molar-refractivity contribution in [2.75, 3.05) is 0 Å². The molecule has 1 unspecified atom stereocenters. The highest BCUT2D eigenvalue weighted by atomic mass is 79.9. The van der Waals surface area contributed by atoms with E-state index in [1.807, 2.05) is 25.1 Å². The van der Waals surface area contributed by atoms with E-state index in [0.29, 0.717) is 10.2 Å². The lowest BCUT2D eigenvalue weighted by molar-refractivity contribution is 0.433. The molecule has 0 aromatic heterocycles. The first-order valence-corrected chi connectivity index (χ1v) is 6.88. The normalized spacial score (nSPS) is 12.2. The van der Waals surface area contributed by atoms with Crippen molar-refractivity contribution in [3.05, 3.63) is 58.3 Å². The summed E-state index contributed by atoms with van der Waals surface area (Å²) in [6.07, 6.45) is 0.795. The van der Waals surface area contributed by atoms with Gasteiger partial charge in [-0.3, -0.25) is 0 Å². The molecule has 0 saturated carbocycles. The van der Waals surface area contributed by atoms with E-state index in [2.05, 4.69) is 15.9 Å². The highest BCUT2D eigenvalue weighted by Crippen LogP contribution is 2.32. The second-order valence-electron chi connectivity index (χ2n) is 4.23. The zero-order valence-electron chi connectivity index (χ0n) is 10.6. The van der Waals surface area contributed by atoms with Gasteiger partial charge in [0.05, 0.1) is 0 Å². The second-order valence-corrected chi connectivity index (χ2v) is 5.15. The van der Waals surface area contributed by atoms with Crippen LogP contribution >= 0.6 is 15.9 Å². The third-order valence-electron chi connectivity index (χ3n) is 2.87. The lowest BCUT2D eigenvalue weighted by Crippen LogP contribution is -2.09. The fourth-order valence-electron chi connectivity index (χ4n) is 1.78. The molecule has 2 aromatic rings. The molecule has 2 aromatic carbocycles. The summed E-state index contributed by atoms with van der Waals surface area (Å²) in [5.74, 6) is 0.381.